The maximum absolute atomic E-state index is 12.0. The van der Waals surface area contributed by atoms with Crippen LogP contribution in [-0.4, -0.2) is 5.78 Å². The molecule has 1 aliphatic rings. The predicted molar refractivity (Wildman–Crippen MR) is 69.5 cm³/mol. The number of hydrogen-bond acceptors (Lipinski definition) is 1. The Bertz CT molecular complexity index is 409. The van der Waals surface area contributed by atoms with Crippen LogP contribution in [0.5, 0.6) is 0 Å². The lowest BCUT2D eigenvalue weighted by atomic mass is 9.51. The Kier molecular flexibility index (Phi) is 2.95. The van der Waals surface area contributed by atoms with Gasteiger partial charge in [0.15, 0.2) is 0 Å². The molecule has 1 aliphatic carbocycles. The number of carbonyl (C=O) groups excluding carboxylic acids is 1. The van der Waals surface area contributed by atoms with Crippen molar-refractivity contribution >= 4 is 21.7 Å². The number of ketones is 1. The summed E-state index contributed by atoms with van der Waals surface area (Å²) in [5, 5.41) is 0. The van der Waals surface area contributed by atoms with Gasteiger partial charge in [0.05, 0.1) is 0 Å². The van der Waals surface area contributed by atoms with Gasteiger partial charge in [-0.2, -0.15) is 0 Å². The van der Waals surface area contributed by atoms with Crippen LogP contribution in [0, 0.1) is 11.3 Å². The van der Waals surface area contributed by atoms with Gasteiger partial charge in [0.25, 0.3) is 0 Å². The van der Waals surface area contributed by atoms with Crippen molar-refractivity contribution in [2.24, 2.45) is 11.3 Å². The van der Waals surface area contributed by atoms with E-state index in [2.05, 4.69) is 54.0 Å². The molecule has 2 heteroatoms. The van der Waals surface area contributed by atoms with E-state index in [0.717, 1.165) is 10.9 Å². The molecule has 16 heavy (non-hydrogen) atoms. The van der Waals surface area contributed by atoms with Crippen molar-refractivity contribution < 1.29 is 4.79 Å². The molecule has 1 saturated carbocycles. The smallest absolute Gasteiger partial charge is 0.142 e. The summed E-state index contributed by atoms with van der Waals surface area (Å²) in [6, 6.07) is 8.37. The lowest BCUT2D eigenvalue weighted by Crippen LogP contribution is -2.52. The van der Waals surface area contributed by atoms with Gasteiger partial charge < -0.3 is 0 Å². The van der Waals surface area contributed by atoms with E-state index in [1.807, 2.05) is 6.92 Å². The van der Waals surface area contributed by atoms with Crippen molar-refractivity contribution in [3.8, 4) is 0 Å². The van der Waals surface area contributed by atoms with Gasteiger partial charge in [0.2, 0.25) is 0 Å². The second-order valence-electron chi connectivity index (χ2n) is 4.95. The fourth-order valence-electron chi connectivity index (χ4n) is 3.00. The van der Waals surface area contributed by atoms with Crippen LogP contribution in [0.25, 0.3) is 0 Å². The fourth-order valence-corrected chi connectivity index (χ4v) is 3.27. The zero-order valence-corrected chi connectivity index (χ0v) is 11.5. The molecule has 0 aromatic heterocycles. The van der Waals surface area contributed by atoms with Gasteiger partial charge in [-0.25, -0.2) is 0 Å². The number of rotatable bonds is 2. The Morgan fingerprint density at radius 2 is 1.88 bits per heavy atom. The van der Waals surface area contributed by atoms with Gasteiger partial charge in [-0.05, 0) is 24.1 Å². The zero-order chi connectivity index (χ0) is 11.9. The summed E-state index contributed by atoms with van der Waals surface area (Å²) < 4.78 is 1.09. The third kappa shape index (κ3) is 1.55. The lowest BCUT2D eigenvalue weighted by Gasteiger charge is -2.50. The number of Topliss-reactive ketones (excluding diaryl/α,β-unsaturated/α-hetero) is 1. The van der Waals surface area contributed by atoms with Crippen molar-refractivity contribution in [2.45, 2.75) is 33.1 Å². The first-order chi connectivity index (χ1) is 7.50. The molecule has 0 heterocycles. The monoisotopic (exact) mass is 280 g/mol. The molecule has 0 bridgehead atoms. The summed E-state index contributed by atoms with van der Waals surface area (Å²) in [6.45, 7) is 6.25. The summed E-state index contributed by atoms with van der Waals surface area (Å²) in [6.07, 6.45) is 0.927. The molecular formula is C14H17BrO. The van der Waals surface area contributed by atoms with Crippen LogP contribution in [0.15, 0.2) is 28.7 Å². The molecular weight excluding hydrogens is 264 g/mol. The molecule has 0 saturated heterocycles. The maximum Gasteiger partial charge on any atom is 0.142 e. The van der Waals surface area contributed by atoms with E-state index in [-0.39, 0.29) is 11.3 Å². The number of benzene rings is 1. The molecule has 0 N–H and O–H groups in total. The predicted octanol–water partition coefficient (Wildman–Crippen LogP) is 4.17. The Morgan fingerprint density at radius 1 is 1.31 bits per heavy atom. The van der Waals surface area contributed by atoms with Crippen molar-refractivity contribution in [1.29, 1.82) is 0 Å². The minimum absolute atomic E-state index is 0.146. The Hall–Kier alpha value is -0.630. The summed E-state index contributed by atoms with van der Waals surface area (Å²) in [5.41, 5.74) is 1.15. The highest BCUT2D eigenvalue weighted by Crippen LogP contribution is 2.55. The zero-order valence-electron chi connectivity index (χ0n) is 9.96. The first kappa shape index (κ1) is 11.8. The normalized spacial score (nSPS) is 33.6. The molecule has 1 fully saturated rings. The maximum atomic E-state index is 12.0. The van der Waals surface area contributed by atoms with Crippen LogP contribution >= 0.6 is 15.9 Å². The van der Waals surface area contributed by atoms with Crippen LogP contribution in [-0.2, 0) is 4.79 Å². The lowest BCUT2D eigenvalue weighted by molar-refractivity contribution is -0.147. The highest BCUT2D eigenvalue weighted by atomic mass is 79.9. The third-order valence-electron chi connectivity index (χ3n) is 4.13. The minimum Gasteiger partial charge on any atom is -0.299 e. The van der Waals surface area contributed by atoms with Crippen LogP contribution in [0.2, 0.25) is 0 Å². The van der Waals surface area contributed by atoms with Crippen LogP contribution in [0.4, 0.5) is 0 Å². The van der Waals surface area contributed by atoms with Gasteiger partial charge in [0, 0.05) is 21.7 Å². The quantitative estimate of drug-likeness (QED) is 0.795. The van der Waals surface area contributed by atoms with Crippen molar-refractivity contribution in [3.05, 3.63) is 34.3 Å². The summed E-state index contributed by atoms with van der Waals surface area (Å²) in [4.78, 5) is 12.0. The van der Waals surface area contributed by atoms with E-state index in [1.54, 1.807) is 0 Å². The van der Waals surface area contributed by atoms with Crippen LogP contribution in [0.1, 0.15) is 38.7 Å². The SMILES string of the molecule is CCC1(C)C(=O)C(C)C1c1ccc(Br)cc1. The first-order valence-electron chi connectivity index (χ1n) is 5.80. The molecule has 86 valence electrons. The van der Waals surface area contributed by atoms with E-state index >= 15 is 0 Å². The Labute approximate surface area is 105 Å². The molecule has 3 unspecified atom stereocenters. The minimum atomic E-state index is -0.146. The highest BCUT2D eigenvalue weighted by molar-refractivity contribution is 9.10. The van der Waals surface area contributed by atoms with Gasteiger partial charge in [-0.15, -0.1) is 0 Å². The number of hydrogen-bond donors (Lipinski definition) is 0. The highest BCUT2D eigenvalue weighted by Gasteiger charge is 2.55. The standard InChI is InChI=1S/C14H17BrO/c1-4-14(3)12(9(2)13(14)16)10-5-7-11(15)8-6-10/h5-9,12H,4H2,1-3H3. The van der Waals surface area contributed by atoms with E-state index < -0.39 is 0 Å². The average Bonchev–Trinajstić information content (AvgIpc) is 2.31. The van der Waals surface area contributed by atoms with Crippen molar-refractivity contribution in [3.63, 3.8) is 0 Å². The fraction of sp³-hybridized carbons (Fsp3) is 0.500. The second-order valence-corrected chi connectivity index (χ2v) is 5.87. The number of carbonyl (C=O) groups is 1. The summed E-state index contributed by atoms with van der Waals surface area (Å²) in [7, 11) is 0. The number of halogens is 1. The average molecular weight is 281 g/mol. The third-order valence-corrected chi connectivity index (χ3v) is 4.66. The molecule has 1 aromatic carbocycles. The molecule has 1 aromatic rings. The second kappa shape index (κ2) is 3.99. The van der Waals surface area contributed by atoms with Gasteiger partial charge in [-0.1, -0.05) is 48.8 Å². The van der Waals surface area contributed by atoms with E-state index in [0.29, 0.717) is 11.7 Å². The topological polar surface area (TPSA) is 17.1 Å². The summed E-state index contributed by atoms with van der Waals surface area (Å²) >= 11 is 3.44. The largest absolute Gasteiger partial charge is 0.299 e. The molecule has 0 amide bonds. The van der Waals surface area contributed by atoms with Crippen molar-refractivity contribution in [2.75, 3.05) is 0 Å². The van der Waals surface area contributed by atoms with Gasteiger partial charge in [0.1, 0.15) is 5.78 Å². The molecule has 1 nitrogen and oxygen atoms in total. The van der Waals surface area contributed by atoms with Gasteiger partial charge >= 0.3 is 0 Å². The molecule has 0 radical (unpaired) electrons. The van der Waals surface area contributed by atoms with E-state index in [9.17, 15) is 4.79 Å². The van der Waals surface area contributed by atoms with Crippen LogP contribution in [0.3, 0.4) is 0 Å². The first-order valence-corrected chi connectivity index (χ1v) is 6.59. The Balaban J connectivity index is 2.34. The van der Waals surface area contributed by atoms with Crippen molar-refractivity contribution in [1.82, 2.24) is 0 Å². The van der Waals surface area contributed by atoms with Crippen LogP contribution < -0.4 is 0 Å². The Morgan fingerprint density at radius 3 is 2.38 bits per heavy atom. The molecule has 3 atom stereocenters. The summed E-state index contributed by atoms with van der Waals surface area (Å²) in [5.74, 6) is 0.979. The van der Waals surface area contributed by atoms with E-state index in [4.69, 9.17) is 0 Å². The molecule has 0 spiro atoms. The molecule has 0 aliphatic heterocycles. The van der Waals surface area contributed by atoms with E-state index in [1.165, 1.54) is 5.56 Å². The molecule has 2 rings (SSSR count). The van der Waals surface area contributed by atoms with Gasteiger partial charge in [-0.3, -0.25) is 4.79 Å².